The van der Waals surface area contributed by atoms with Crippen LogP contribution in [0.1, 0.15) is 21.5 Å². The van der Waals surface area contributed by atoms with Gasteiger partial charge in [-0.1, -0.05) is 24.0 Å². The number of nitrogens with one attached hydrogen (secondary N) is 1. The van der Waals surface area contributed by atoms with Gasteiger partial charge in [0.15, 0.2) is 0 Å². The summed E-state index contributed by atoms with van der Waals surface area (Å²) in [5.41, 5.74) is 1.91. The van der Waals surface area contributed by atoms with E-state index in [4.69, 9.17) is 0 Å². The molecule has 29 heavy (non-hydrogen) atoms. The van der Waals surface area contributed by atoms with Gasteiger partial charge in [-0.2, -0.15) is 0 Å². The van der Waals surface area contributed by atoms with Gasteiger partial charge in [0.05, 0.1) is 23.3 Å². The second-order valence-corrected chi connectivity index (χ2v) is 7.65. The van der Waals surface area contributed by atoms with Crippen molar-refractivity contribution in [2.24, 2.45) is 0 Å². The molecule has 0 radical (unpaired) electrons. The fourth-order valence-electron chi connectivity index (χ4n) is 2.47. The Morgan fingerprint density at radius 2 is 1.55 bits per heavy atom. The lowest BCUT2D eigenvalue weighted by atomic mass is 10.1. The van der Waals surface area contributed by atoms with Crippen LogP contribution in [0.4, 0.5) is 10.1 Å². The molecule has 5 nitrogen and oxygen atoms in total. The second-order valence-electron chi connectivity index (χ2n) is 5.96. The van der Waals surface area contributed by atoms with Crippen molar-refractivity contribution in [1.82, 2.24) is 0 Å². The van der Waals surface area contributed by atoms with Crippen molar-refractivity contribution in [2.75, 3.05) is 11.8 Å². The molecule has 0 aliphatic heterocycles. The Hall–Kier alpha value is -3.63. The number of benzene rings is 3. The average molecular weight is 409 g/mol. The Kier molecular flexibility index (Phi) is 5.96. The van der Waals surface area contributed by atoms with Gasteiger partial charge in [0.25, 0.3) is 10.0 Å². The molecular weight excluding hydrogens is 393 g/mol. The van der Waals surface area contributed by atoms with Gasteiger partial charge in [0.1, 0.15) is 5.82 Å². The summed E-state index contributed by atoms with van der Waals surface area (Å²) < 4.78 is 45.0. The Morgan fingerprint density at radius 1 is 0.931 bits per heavy atom. The van der Waals surface area contributed by atoms with Gasteiger partial charge < -0.3 is 4.74 Å². The van der Waals surface area contributed by atoms with Crippen LogP contribution in [0.5, 0.6) is 0 Å². The summed E-state index contributed by atoms with van der Waals surface area (Å²) in [6.45, 7) is 0. The maximum absolute atomic E-state index is 13.0. The third-order valence-corrected chi connectivity index (χ3v) is 5.27. The number of ether oxygens (including phenoxy) is 1. The van der Waals surface area contributed by atoms with Gasteiger partial charge in [-0.05, 0) is 60.7 Å². The summed E-state index contributed by atoms with van der Waals surface area (Å²) >= 11 is 0. The number of sulfonamides is 1. The standard InChI is InChI=1S/C22H16FNO4S/c1-28-22(25)18-6-2-4-16(14-18)8-9-17-5-3-7-20(15-17)24-29(26,27)21-12-10-19(23)11-13-21/h2-7,10-15,24H,1H3. The van der Waals surface area contributed by atoms with Crippen molar-refractivity contribution >= 4 is 21.7 Å². The highest BCUT2D eigenvalue weighted by Gasteiger charge is 2.14. The molecule has 0 aliphatic carbocycles. The number of rotatable bonds is 4. The molecule has 0 heterocycles. The van der Waals surface area contributed by atoms with Crippen molar-refractivity contribution in [2.45, 2.75) is 4.90 Å². The van der Waals surface area contributed by atoms with Gasteiger partial charge in [0, 0.05) is 11.1 Å². The maximum atomic E-state index is 13.0. The Labute approximate surface area is 168 Å². The third-order valence-electron chi connectivity index (χ3n) is 3.87. The predicted molar refractivity (Wildman–Crippen MR) is 107 cm³/mol. The molecule has 3 aromatic carbocycles. The minimum Gasteiger partial charge on any atom is -0.465 e. The van der Waals surface area contributed by atoms with Crippen LogP contribution >= 0.6 is 0 Å². The van der Waals surface area contributed by atoms with Crippen LogP contribution in [-0.4, -0.2) is 21.5 Å². The van der Waals surface area contributed by atoms with Crippen LogP contribution < -0.4 is 4.72 Å². The lowest BCUT2D eigenvalue weighted by Crippen LogP contribution is -2.12. The summed E-state index contributed by atoms with van der Waals surface area (Å²) in [6.07, 6.45) is 0. The second kappa shape index (κ2) is 8.59. The molecular formula is C22H16FNO4S. The first-order chi connectivity index (χ1) is 13.9. The van der Waals surface area contributed by atoms with Crippen LogP contribution in [0.15, 0.2) is 77.7 Å². The lowest BCUT2D eigenvalue weighted by Gasteiger charge is -2.08. The van der Waals surface area contributed by atoms with E-state index < -0.39 is 21.8 Å². The van der Waals surface area contributed by atoms with Crippen LogP contribution in [0.2, 0.25) is 0 Å². The Bertz CT molecular complexity index is 1210. The first-order valence-corrected chi connectivity index (χ1v) is 9.94. The number of hydrogen-bond donors (Lipinski definition) is 1. The minimum absolute atomic E-state index is 0.0463. The molecule has 1 N–H and O–H groups in total. The van der Waals surface area contributed by atoms with E-state index in [2.05, 4.69) is 21.3 Å². The van der Waals surface area contributed by atoms with Crippen molar-refractivity contribution in [3.8, 4) is 11.8 Å². The molecule has 0 saturated heterocycles. The molecule has 0 amide bonds. The van der Waals surface area contributed by atoms with Crippen LogP contribution in [0.3, 0.4) is 0 Å². The summed E-state index contributed by atoms with van der Waals surface area (Å²) in [7, 11) is -2.54. The zero-order valence-electron chi connectivity index (χ0n) is 15.3. The zero-order chi connectivity index (χ0) is 20.9. The van der Waals surface area contributed by atoms with E-state index in [-0.39, 0.29) is 4.90 Å². The van der Waals surface area contributed by atoms with Crippen molar-refractivity contribution in [3.63, 3.8) is 0 Å². The van der Waals surface area contributed by atoms with E-state index in [9.17, 15) is 17.6 Å². The Morgan fingerprint density at radius 3 is 2.21 bits per heavy atom. The highest BCUT2D eigenvalue weighted by atomic mass is 32.2. The van der Waals surface area contributed by atoms with Crippen LogP contribution in [0, 0.1) is 17.7 Å². The summed E-state index contributed by atoms with van der Waals surface area (Å²) in [4.78, 5) is 11.6. The zero-order valence-corrected chi connectivity index (χ0v) is 16.2. The van der Waals surface area contributed by atoms with E-state index in [1.54, 1.807) is 48.5 Å². The number of esters is 1. The molecule has 0 fully saturated rings. The highest BCUT2D eigenvalue weighted by molar-refractivity contribution is 7.92. The van der Waals surface area contributed by atoms with E-state index >= 15 is 0 Å². The van der Waals surface area contributed by atoms with Gasteiger partial charge in [0.2, 0.25) is 0 Å². The molecule has 3 rings (SSSR count). The number of methoxy groups -OCH3 is 1. The van der Waals surface area contributed by atoms with Crippen molar-refractivity contribution in [1.29, 1.82) is 0 Å². The minimum atomic E-state index is -3.85. The van der Waals surface area contributed by atoms with Gasteiger partial charge >= 0.3 is 5.97 Å². The van der Waals surface area contributed by atoms with Gasteiger partial charge in [-0.3, -0.25) is 4.72 Å². The van der Waals surface area contributed by atoms with Gasteiger partial charge in [-0.25, -0.2) is 17.6 Å². The molecule has 0 unspecified atom stereocenters. The maximum Gasteiger partial charge on any atom is 0.337 e. The SMILES string of the molecule is COC(=O)c1cccc(C#Cc2cccc(NS(=O)(=O)c3ccc(F)cc3)c2)c1. The van der Waals surface area contributed by atoms with Crippen molar-refractivity contribution < 1.29 is 22.3 Å². The van der Waals surface area contributed by atoms with Crippen LogP contribution in [0.25, 0.3) is 0 Å². The average Bonchev–Trinajstić information content (AvgIpc) is 2.72. The van der Waals surface area contributed by atoms with Crippen LogP contribution in [-0.2, 0) is 14.8 Å². The quantitative estimate of drug-likeness (QED) is 0.525. The van der Waals surface area contributed by atoms with Gasteiger partial charge in [-0.15, -0.1) is 0 Å². The predicted octanol–water partition coefficient (Wildman–Crippen LogP) is 3.81. The van der Waals surface area contributed by atoms with E-state index in [1.165, 1.54) is 19.2 Å². The summed E-state index contributed by atoms with van der Waals surface area (Å²) in [5.74, 6) is 4.89. The largest absolute Gasteiger partial charge is 0.465 e. The Balaban J connectivity index is 1.81. The van der Waals surface area contributed by atoms with Crippen molar-refractivity contribution in [3.05, 3.63) is 95.3 Å². The first kappa shape index (κ1) is 20.1. The molecule has 3 aromatic rings. The smallest absolute Gasteiger partial charge is 0.337 e. The summed E-state index contributed by atoms with van der Waals surface area (Å²) in [6, 6.07) is 17.8. The molecule has 0 aliphatic rings. The monoisotopic (exact) mass is 409 g/mol. The first-order valence-electron chi connectivity index (χ1n) is 8.46. The molecule has 0 atom stereocenters. The number of carbonyl (C=O) groups is 1. The molecule has 0 saturated carbocycles. The number of anilines is 1. The molecule has 0 spiro atoms. The fraction of sp³-hybridized carbons (Fsp3) is 0.0455. The lowest BCUT2D eigenvalue weighted by molar-refractivity contribution is 0.0600. The molecule has 0 aromatic heterocycles. The normalized spacial score (nSPS) is 10.6. The highest BCUT2D eigenvalue weighted by Crippen LogP contribution is 2.17. The molecule has 7 heteroatoms. The van der Waals surface area contributed by atoms with E-state index in [1.807, 2.05) is 0 Å². The number of hydrogen-bond acceptors (Lipinski definition) is 4. The number of carbonyl (C=O) groups excluding carboxylic acids is 1. The van der Waals surface area contributed by atoms with E-state index in [0.29, 0.717) is 22.4 Å². The third kappa shape index (κ3) is 5.21. The van der Waals surface area contributed by atoms with E-state index in [0.717, 1.165) is 12.1 Å². The topological polar surface area (TPSA) is 72.5 Å². The number of halogens is 1. The fourth-order valence-corrected chi connectivity index (χ4v) is 3.52. The molecule has 0 bridgehead atoms. The molecule has 146 valence electrons. The summed E-state index contributed by atoms with van der Waals surface area (Å²) in [5, 5.41) is 0.